The molecule has 0 aliphatic heterocycles. The fourth-order valence-electron chi connectivity index (χ4n) is 2.11. The average Bonchev–Trinajstić information content (AvgIpc) is 3.08. The van der Waals surface area contributed by atoms with Gasteiger partial charge in [0.05, 0.1) is 22.6 Å². The monoisotopic (exact) mass is 372 g/mol. The summed E-state index contributed by atoms with van der Waals surface area (Å²) in [5.41, 5.74) is 7.34. The first kappa shape index (κ1) is 17.6. The Hall–Kier alpha value is -3.21. The van der Waals surface area contributed by atoms with Gasteiger partial charge in [0.2, 0.25) is 11.9 Å². The van der Waals surface area contributed by atoms with Crippen LogP contribution in [0.3, 0.4) is 0 Å². The molecule has 0 amide bonds. The Labute approximate surface area is 153 Å². The van der Waals surface area contributed by atoms with E-state index in [4.69, 9.17) is 5.73 Å². The van der Waals surface area contributed by atoms with Crippen LogP contribution >= 0.6 is 11.8 Å². The number of imidazole rings is 1. The number of H-pyrrole nitrogens is 1. The number of thioether (sulfide) groups is 1. The first-order valence-corrected chi connectivity index (χ1v) is 8.51. The van der Waals surface area contributed by atoms with Crippen LogP contribution in [-0.2, 0) is 5.75 Å². The van der Waals surface area contributed by atoms with Crippen LogP contribution in [0, 0.1) is 10.1 Å². The van der Waals surface area contributed by atoms with Crippen molar-refractivity contribution in [1.82, 2.24) is 24.9 Å². The van der Waals surface area contributed by atoms with Gasteiger partial charge in [0.25, 0.3) is 5.69 Å². The van der Waals surface area contributed by atoms with Gasteiger partial charge in [-0.2, -0.15) is 15.0 Å². The molecule has 0 aliphatic carbocycles. The normalized spacial score (nSPS) is 10.7. The van der Waals surface area contributed by atoms with Crippen molar-refractivity contribution in [3.63, 3.8) is 0 Å². The number of non-ortho nitro benzene ring substituents is 1. The van der Waals surface area contributed by atoms with E-state index in [-0.39, 0.29) is 11.6 Å². The van der Waals surface area contributed by atoms with Gasteiger partial charge in [-0.3, -0.25) is 10.1 Å². The molecule has 11 heteroatoms. The molecule has 2 heterocycles. The van der Waals surface area contributed by atoms with Gasteiger partial charge in [0, 0.05) is 31.8 Å². The van der Waals surface area contributed by atoms with E-state index in [1.165, 1.54) is 23.9 Å². The van der Waals surface area contributed by atoms with Gasteiger partial charge in [-0.1, -0.05) is 11.8 Å². The molecule has 10 nitrogen and oxygen atoms in total. The summed E-state index contributed by atoms with van der Waals surface area (Å²) in [6.45, 7) is 0. The molecule has 3 N–H and O–H groups in total. The highest BCUT2D eigenvalue weighted by molar-refractivity contribution is 7.98. The number of anilines is 2. The Morgan fingerprint density at radius 2 is 1.96 bits per heavy atom. The van der Waals surface area contributed by atoms with Crippen molar-refractivity contribution in [2.75, 3.05) is 24.7 Å². The number of aromatic nitrogens is 5. The lowest BCUT2D eigenvalue weighted by Gasteiger charge is -2.10. The van der Waals surface area contributed by atoms with Gasteiger partial charge in [-0.05, 0) is 12.1 Å². The third kappa shape index (κ3) is 4.06. The maximum absolute atomic E-state index is 10.7. The van der Waals surface area contributed by atoms with Crippen LogP contribution in [0.15, 0.2) is 35.6 Å². The van der Waals surface area contributed by atoms with Crippen LogP contribution in [0.25, 0.3) is 11.3 Å². The number of nitro groups is 1. The second-order valence-corrected chi connectivity index (χ2v) is 6.46. The summed E-state index contributed by atoms with van der Waals surface area (Å²) in [6, 6.07) is 6.27. The molecule has 0 atom stereocenters. The zero-order valence-corrected chi connectivity index (χ0v) is 14.9. The number of nitrogens with zero attached hydrogens (tertiary/aromatic N) is 6. The highest BCUT2D eigenvalue weighted by Crippen LogP contribution is 2.25. The number of benzene rings is 1. The van der Waals surface area contributed by atoms with E-state index >= 15 is 0 Å². The fraction of sp³-hybridized carbons (Fsp3) is 0.200. The number of nitrogens with one attached hydrogen (secondary N) is 1. The molecule has 0 fully saturated rings. The lowest BCUT2D eigenvalue weighted by Crippen LogP contribution is -2.15. The van der Waals surface area contributed by atoms with Crippen molar-refractivity contribution in [3.8, 4) is 11.3 Å². The molecule has 0 bridgehead atoms. The van der Waals surface area contributed by atoms with Crippen molar-refractivity contribution in [2.24, 2.45) is 0 Å². The first-order valence-electron chi connectivity index (χ1n) is 7.53. The molecule has 0 spiro atoms. The van der Waals surface area contributed by atoms with E-state index in [1.54, 1.807) is 23.2 Å². The lowest BCUT2D eigenvalue weighted by atomic mass is 10.1. The van der Waals surface area contributed by atoms with Crippen LogP contribution in [0.5, 0.6) is 0 Å². The molecule has 2 aromatic heterocycles. The molecule has 1 aromatic carbocycles. The second kappa shape index (κ2) is 7.35. The summed E-state index contributed by atoms with van der Waals surface area (Å²) in [5, 5.41) is 11.4. The number of nitrogen functional groups attached to an aromatic ring is 1. The molecule has 0 unspecified atom stereocenters. The Morgan fingerprint density at radius 1 is 1.23 bits per heavy atom. The third-order valence-electron chi connectivity index (χ3n) is 3.37. The number of nitrogens with two attached hydrogens (primary N) is 1. The SMILES string of the molecule is CN(C)c1nc(N)nc(CSc2ncc(-c3ccc([N+](=O)[O-])cc3)[nH]2)n1. The van der Waals surface area contributed by atoms with Crippen molar-refractivity contribution in [1.29, 1.82) is 0 Å². The van der Waals surface area contributed by atoms with E-state index in [1.807, 2.05) is 14.1 Å². The third-order valence-corrected chi connectivity index (χ3v) is 4.25. The summed E-state index contributed by atoms with van der Waals surface area (Å²) >= 11 is 1.42. The minimum atomic E-state index is -0.430. The van der Waals surface area contributed by atoms with Gasteiger partial charge in [0.15, 0.2) is 5.16 Å². The van der Waals surface area contributed by atoms with Crippen molar-refractivity contribution in [2.45, 2.75) is 10.9 Å². The maximum atomic E-state index is 10.7. The molecule has 0 aliphatic rings. The molecular formula is C15H16N8O2S. The van der Waals surface area contributed by atoms with E-state index in [9.17, 15) is 10.1 Å². The molecule has 134 valence electrons. The Kier molecular flexibility index (Phi) is 4.98. The first-order chi connectivity index (χ1) is 12.4. The molecule has 0 radical (unpaired) electrons. The minimum Gasteiger partial charge on any atom is -0.368 e. The zero-order chi connectivity index (χ0) is 18.7. The van der Waals surface area contributed by atoms with E-state index in [2.05, 4.69) is 24.9 Å². The van der Waals surface area contributed by atoms with Crippen LogP contribution in [0.2, 0.25) is 0 Å². The zero-order valence-electron chi connectivity index (χ0n) is 14.1. The summed E-state index contributed by atoms with van der Waals surface area (Å²) < 4.78 is 0. The molecule has 0 saturated carbocycles. The van der Waals surface area contributed by atoms with E-state index in [0.29, 0.717) is 22.7 Å². The molecule has 3 aromatic rings. The van der Waals surface area contributed by atoms with E-state index in [0.717, 1.165) is 11.3 Å². The number of aromatic amines is 1. The van der Waals surface area contributed by atoms with Gasteiger partial charge in [0.1, 0.15) is 5.82 Å². The molecular weight excluding hydrogens is 356 g/mol. The second-order valence-electron chi connectivity index (χ2n) is 5.50. The van der Waals surface area contributed by atoms with Gasteiger partial charge >= 0.3 is 0 Å². The average molecular weight is 372 g/mol. The van der Waals surface area contributed by atoms with E-state index < -0.39 is 4.92 Å². The molecule has 3 rings (SSSR count). The van der Waals surface area contributed by atoms with Crippen molar-refractivity contribution in [3.05, 3.63) is 46.4 Å². The van der Waals surface area contributed by atoms with Gasteiger partial charge < -0.3 is 15.6 Å². The Balaban J connectivity index is 1.70. The van der Waals surface area contributed by atoms with Crippen LogP contribution in [0.1, 0.15) is 5.82 Å². The standard InChI is InChI=1S/C15H16N8O2S/c1-22(2)14-20-12(19-13(16)21-14)8-26-15-17-7-11(18-15)9-3-5-10(6-4-9)23(24)25/h3-7H,8H2,1-2H3,(H,17,18)(H2,16,19,20,21). The summed E-state index contributed by atoms with van der Waals surface area (Å²) in [5.74, 6) is 1.70. The minimum absolute atomic E-state index is 0.0481. The largest absolute Gasteiger partial charge is 0.368 e. The van der Waals surface area contributed by atoms with Gasteiger partial charge in [-0.25, -0.2) is 4.98 Å². The summed E-state index contributed by atoms with van der Waals surface area (Å²) in [7, 11) is 3.66. The highest BCUT2D eigenvalue weighted by Gasteiger charge is 2.10. The topological polar surface area (TPSA) is 140 Å². The van der Waals surface area contributed by atoms with Crippen LogP contribution in [0.4, 0.5) is 17.6 Å². The Morgan fingerprint density at radius 3 is 2.62 bits per heavy atom. The van der Waals surface area contributed by atoms with Crippen LogP contribution in [-0.4, -0.2) is 43.9 Å². The molecule has 26 heavy (non-hydrogen) atoms. The number of rotatable bonds is 6. The molecule has 0 saturated heterocycles. The maximum Gasteiger partial charge on any atom is 0.269 e. The van der Waals surface area contributed by atoms with Gasteiger partial charge in [-0.15, -0.1) is 0 Å². The highest BCUT2D eigenvalue weighted by atomic mass is 32.2. The predicted molar refractivity (Wildman–Crippen MR) is 98.8 cm³/mol. The predicted octanol–water partition coefficient (Wildman–Crippen LogP) is 2.11. The summed E-state index contributed by atoms with van der Waals surface area (Å²) in [6.07, 6.45) is 1.68. The quantitative estimate of drug-likeness (QED) is 0.378. The number of hydrogen-bond donors (Lipinski definition) is 2. The number of nitro benzene ring substituents is 1. The lowest BCUT2D eigenvalue weighted by molar-refractivity contribution is -0.384. The van der Waals surface area contributed by atoms with Crippen molar-refractivity contribution >= 4 is 29.3 Å². The summed E-state index contributed by atoms with van der Waals surface area (Å²) in [4.78, 5) is 32.0. The fourth-order valence-corrected chi connectivity index (χ4v) is 2.81. The smallest absolute Gasteiger partial charge is 0.269 e. The Bertz CT molecular complexity index is 926. The number of hydrogen-bond acceptors (Lipinski definition) is 9. The van der Waals surface area contributed by atoms with Crippen molar-refractivity contribution < 1.29 is 4.92 Å². The van der Waals surface area contributed by atoms with Crippen LogP contribution < -0.4 is 10.6 Å².